The number of aromatic nitrogens is 2. The van der Waals surface area contributed by atoms with Crippen LogP contribution in [0.3, 0.4) is 0 Å². The molecule has 200 valence electrons. The van der Waals surface area contributed by atoms with Crippen molar-refractivity contribution in [1.82, 2.24) is 9.97 Å². The van der Waals surface area contributed by atoms with Crippen LogP contribution in [-0.2, 0) is 0 Å². The predicted octanol–water partition coefficient (Wildman–Crippen LogP) is 4.98. The van der Waals surface area contributed by atoms with Gasteiger partial charge in [-0.25, -0.2) is 27.5 Å². The van der Waals surface area contributed by atoms with Gasteiger partial charge in [-0.1, -0.05) is 6.92 Å². The molecule has 37 heavy (non-hydrogen) atoms. The number of carbonyl (C=O) groups excluding carboxylic acids is 1. The zero-order chi connectivity index (χ0) is 25.3. The topological polar surface area (TPSA) is 93.4 Å². The van der Waals surface area contributed by atoms with Crippen molar-refractivity contribution in [3.8, 4) is 16.9 Å². The van der Waals surface area contributed by atoms with Gasteiger partial charge in [0.25, 0.3) is 5.91 Å². The van der Waals surface area contributed by atoms with Crippen LogP contribution in [0.2, 0.25) is 0 Å². The molecule has 1 aliphatic rings. The van der Waals surface area contributed by atoms with Crippen LogP contribution in [0.1, 0.15) is 23.7 Å². The first-order valence-corrected chi connectivity index (χ1v) is 10.8. The second kappa shape index (κ2) is 12.4. The summed E-state index contributed by atoms with van der Waals surface area (Å²) in [4.78, 5) is 23.0. The molecule has 1 aromatic heterocycles. The highest BCUT2D eigenvalue weighted by molar-refractivity contribution is 6.06. The minimum absolute atomic E-state index is 0. The van der Waals surface area contributed by atoms with Gasteiger partial charge in [0, 0.05) is 31.3 Å². The number of nitrogens with two attached hydrogens (primary N) is 1. The van der Waals surface area contributed by atoms with Gasteiger partial charge in [0.2, 0.25) is 0 Å². The van der Waals surface area contributed by atoms with Crippen LogP contribution in [0.25, 0.3) is 11.1 Å². The number of hydrogen-bond donors (Lipinski definition) is 2. The number of carbonyl (C=O) groups is 1. The van der Waals surface area contributed by atoms with Gasteiger partial charge in [0.15, 0.2) is 5.82 Å². The number of anilines is 2. The fraction of sp³-hybridized carbons (Fsp3) is 0.292. The molecule has 7 nitrogen and oxygen atoms in total. The summed E-state index contributed by atoms with van der Waals surface area (Å²) >= 11 is 0. The molecular formula is C24H25Cl2F4N5O2. The summed E-state index contributed by atoms with van der Waals surface area (Å²) in [5.41, 5.74) is 3.73. The Labute approximate surface area is 223 Å². The van der Waals surface area contributed by atoms with E-state index in [2.05, 4.69) is 15.3 Å². The van der Waals surface area contributed by atoms with Crippen molar-refractivity contribution in [1.29, 1.82) is 0 Å². The summed E-state index contributed by atoms with van der Waals surface area (Å²) in [7, 11) is 1.19. The van der Waals surface area contributed by atoms with E-state index in [4.69, 9.17) is 10.5 Å². The van der Waals surface area contributed by atoms with Gasteiger partial charge >= 0.3 is 0 Å². The number of rotatable bonds is 5. The number of ether oxygens (including phenoxy) is 1. The molecule has 1 fully saturated rings. The lowest BCUT2D eigenvalue weighted by molar-refractivity contribution is 0.102. The summed E-state index contributed by atoms with van der Waals surface area (Å²) in [5, 5.41) is 2.52. The van der Waals surface area contributed by atoms with Crippen LogP contribution in [0.4, 0.5) is 29.1 Å². The third-order valence-electron chi connectivity index (χ3n) is 5.77. The van der Waals surface area contributed by atoms with E-state index in [-0.39, 0.29) is 48.2 Å². The monoisotopic (exact) mass is 561 g/mol. The van der Waals surface area contributed by atoms with Gasteiger partial charge < -0.3 is 20.7 Å². The third kappa shape index (κ3) is 6.23. The molecule has 13 heteroatoms. The molecule has 1 saturated heterocycles. The van der Waals surface area contributed by atoms with Crippen LogP contribution in [0.5, 0.6) is 5.75 Å². The van der Waals surface area contributed by atoms with Gasteiger partial charge in [-0.2, -0.15) is 0 Å². The minimum atomic E-state index is -1.42. The molecule has 0 radical (unpaired) electrons. The van der Waals surface area contributed by atoms with Crippen molar-refractivity contribution < 1.29 is 27.1 Å². The molecule has 0 spiro atoms. The fourth-order valence-corrected chi connectivity index (χ4v) is 4.29. The van der Waals surface area contributed by atoms with E-state index >= 15 is 4.39 Å². The quantitative estimate of drug-likeness (QED) is 0.427. The summed E-state index contributed by atoms with van der Waals surface area (Å²) in [6.07, 6.45) is 3.49. The molecule has 2 heterocycles. The van der Waals surface area contributed by atoms with Crippen molar-refractivity contribution in [2.45, 2.75) is 19.4 Å². The fourth-order valence-electron chi connectivity index (χ4n) is 4.29. The zero-order valence-electron chi connectivity index (χ0n) is 19.8. The highest BCUT2D eigenvalue weighted by Gasteiger charge is 2.28. The van der Waals surface area contributed by atoms with Crippen LogP contribution < -0.4 is 20.7 Å². The lowest BCUT2D eigenvalue weighted by atomic mass is 9.96. The molecule has 0 unspecified atom stereocenters. The van der Waals surface area contributed by atoms with Crippen LogP contribution in [0.15, 0.2) is 36.8 Å². The number of piperidine rings is 1. The second-order valence-corrected chi connectivity index (χ2v) is 8.47. The van der Waals surface area contributed by atoms with E-state index in [0.717, 1.165) is 30.7 Å². The summed E-state index contributed by atoms with van der Waals surface area (Å²) < 4.78 is 63.8. The lowest BCUT2D eigenvalue weighted by Crippen LogP contribution is -2.47. The van der Waals surface area contributed by atoms with Crippen molar-refractivity contribution in [2.24, 2.45) is 11.7 Å². The standard InChI is InChI=1S/C24H23F4N5O2.2ClH/c1-12-5-13(29)10-33(9-12)23-19(8-30-11-31-23)32-24(34)15-3-4-16(25)21(22(15)28)20-17(26)6-14(35-2)7-18(20)27;;/h3-4,6-8,11-13H,5,9-10,29H2,1-2H3,(H,32,34);2*1H/t12-,13+;;/m1../s1. The Morgan fingerprint density at radius 3 is 2.38 bits per heavy atom. The average molecular weight is 562 g/mol. The van der Waals surface area contributed by atoms with E-state index in [1.165, 1.54) is 19.6 Å². The van der Waals surface area contributed by atoms with Crippen molar-refractivity contribution in [2.75, 3.05) is 30.4 Å². The Kier molecular flexibility index (Phi) is 10.1. The van der Waals surface area contributed by atoms with Gasteiger partial charge in [-0.05, 0) is 24.5 Å². The van der Waals surface area contributed by atoms with E-state index in [9.17, 15) is 18.0 Å². The number of halogens is 6. The maximum Gasteiger partial charge on any atom is 0.258 e. The number of benzene rings is 2. The Morgan fingerprint density at radius 1 is 1.08 bits per heavy atom. The smallest absolute Gasteiger partial charge is 0.258 e. The van der Waals surface area contributed by atoms with Gasteiger partial charge in [-0.3, -0.25) is 4.79 Å². The van der Waals surface area contributed by atoms with Crippen molar-refractivity contribution in [3.63, 3.8) is 0 Å². The highest BCUT2D eigenvalue weighted by atomic mass is 35.5. The molecule has 2 aromatic carbocycles. The SMILES string of the molecule is COc1cc(F)c(-c2c(F)ccc(C(=O)Nc3cncnc3N3C[C@H](C)C[C@H](N)C3)c2F)c(F)c1.Cl.Cl. The zero-order valence-corrected chi connectivity index (χ0v) is 21.4. The van der Waals surface area contributed by atoms with Gasteiger partial charge in [0.05, 0.1) is 30.0 Å². The number of nitrogens with one attached hydrogen (secondary N) is 1. The summed E-state index contributed by atoms with van der Waals surface area (Å²) in [6, 6.07) is 3.16. The maximum atomic E-state index is 15.3. The first kappa shape index (κ1) is 30.1. The molecule has 0 saturated carbocycles. The first-order chi connectivity index (χ1) is 16.7. The summed E-state index contributed by atoms with van der Waals surface area (Å²) in [6.45, 7) is 3.17. The van der Waals surface area contributed by atoms with Gasteiger partial charge in [0.1, 0.15) is 41.0 Å². The second-order valence-electron chi connectivity index (χ2n) is 8.47. The molecule has 3 N–H and O–H groups in total. The highest BCUT2D eigenvalue weighted by Crippen LogP contribution is 2.35. The normalized spacial score (nSPS) is 16.9. The van der Waals surface area contributed by atoms with Crippen LogP contribution in [-0.4, -0.2) is 42.1 Å². The number of hydrogen-bond acceptors (Lipinski definition) is 6. The molecule has 1 amide bonds. The summed E-state index contributed by atoms with van der Waals surface area (Å²) in [5.74, 6) is -5.60. The van der Waals surface area contributed by atoms with E-state index in [1.807, 2.05) is 11.8 Å². The molecule has 2 atom stereocenters. The first-order valence-electron chi connectivity index (χ1n) is 10.8. The Morgan fingerprint density at radius 2 is 1.76 bits per heavy atom. The van der Waals surface area contributed by atoms with E-state index in [0.29, 0.717) is 18.9 Å². The average Bonchev–Trinajstić information content (AvgIpc) is 2.80. The lowest BCUT2D eigenvalue weighted by Gasteiger charge is -2.36. The Hall–Kier alpha value is -3.15. The predicted molar refractivity (Wildman–Crippen MR) is 137 cm³/mol. The largest absolute Gasteiger partial charge is 0.497 e. The van der Waals surface area contributed by atoms with Crippen LogP contribution >= 0.6 is 24.8 Å². The van der Waals surface area contributed by atoms with E-state index < -0.39 is 45.9 Å². The van der Waals surface area contributed by atoms with E-state index in [1.54, 1.807) is 0 Å². The molecule has 4 rings (SSSR count). The van der Waals surface area contributed by atoms with Crippen molar-refractivity contribution >= 4 is 42.2 Å². The number of methoxy groups -OCH3 is 1. The maximum absolute atomic E-state index is 15.3. The van der Waals surface area contributed by atoms with Gasteiger partial charge in [-0.15, -0.1) is 24.8 Å². The Bertz CT molecular complexity index is 1250. The molecule has 1 aliphatic heterocycles. The molecular weight excluding hydrogens is 537 g/mol. The van der Waals surface area contributed by atoms with Crippen molar-refractivity contribution in [3.05, 3.63) is 65.6 Å². The third-order valence-corrected chi connectivity index (χ3v) is 5.77. The molecule has 0 aliphatic carbocycles. The molecule has 0 bridgehead atoms. The number of amides is 1. The number of nitrogens with zero attached hydrogens (tertiary/aromatic N) is 3. The molecule has 3 aromatic rings. The van der Waals surface area contributed by atoms with Crippen LogP contribution in [0, 0.1) is 29.2 Å². The Balaban J connectivity index is 0.00000241. The minimum Gasteiger partial charge on any atom is -0.497 e.